The number of amides is 2. The number of para-hydroxylation sites is 1. The van der Waals surface area contributed by atoms with E-state index in [4.69, 9.17) is 6.42 Å². The van der Waals surface area contributed by atoms with Gasteiger partial charge in [-0.1, -0.05) is 30.2 Å². The lowest BCUT2D eigenvalue weighted by molar-refractivity contribution is -0.116. The van der Waals surface area contributed by atoms with E-state index in [9.17, 15) is 9.59 Å². The van der Waals surface area contributed by atoms with Crippen molar-refractivity contribution in [1.29, 1.82) is 0 Å². The summed E-state index contributed by atoms with van der Waals surface area (Å²) in [5.41, 5.74) is 0.932. The Bertz CT molecular complexity index is 599. The van der Waals surface area contributed by atoms with Gasteiger partial charge in [0.2, 0.25) is 5.91 Å². The predicted molar refractivity (Wildman–Crippen MR) is 82.7 cm³/mol. The highest BCUT2D eigenvalue weighted by molar-refractivity contribution is 6.03. The van der Waals surface area contributed by atoms with E-state index in [1.165, 1.54) is 0 Å². The number of benzene rings is 1. The highest BCUT2D eigenvalue weighted by Gasteiger charge is 2.16. The van der Waals surface area contributed by atoms with Crippen molar-refractivity contribution in [3.05, 3.63) is 42.0 Å². The lowest BCUT2D eigenvalue weighted by Gasteiger charge is -2.12. The first-order valence-corrected chi connectivity index (χ1v) is 6.98. The molecule has 2 rings (SSSR count). The molecule has 0 saturated carbocycles. The molecule has 0 radical (unpaired) electrons. The van der Waals surface area contributed by atoms with E-state index in [1.807, 2.05) is 0 Å². The molecule has 4 nitrogen and oxygen atoms in total. The topological polar surface area (TPSA) is 58.2 Å². The van der Waals surface area contributed by atoms with Crippen molar-refractivity contribution in [2.24, 2.45) is 5.92 Å². The van der Waals surface area contributed by atoms with Crippen molar-refractivity contribution in [3.63, 3.8) is 0 Å². The summed E-state index contributed by atoms with van der Waals surface area (Å²) >= 11 is 0. The number of terminal acetylenes is 1. The van der Waals surface area contributed by atoms with E-state index >= 15 is 0 Å². The Morgan fingerprint density at radius 1 is 1.33 bits per heavy atom. The first kappa shape index (κ1) is 14.9. The van der Waals surface area contributed by atoms with Gasteiger partial charge in [-0.15, -0.1) is 6.42 Å². The molecule has 21 heavy (non-hydrogen) atoms. The average molecular weight is 282 g/mol. The third-order valence-electron chi connectivity index (χ3n) is 3.36. The maximum absolute atomic E-state index is 12.0. The fourth-order valence-electron chi connectivity index (χ4n) is 2.32. The van der Waals surface area contributed by atoms with Crippen LogP contribution in [0.1, 0.15) is 29.6 Å². The quantitative estimate of drug-likeness (QED) is 0.643. The van der Waals surface area contributed by atoms with Crippen LogP contribution in [0.4, 0.5) is 5.69 Å². The first-order chi connectivity index (χ1) is 10.2. The summed E-state index contributed by atoms with van der Waals surface area (Å²) in [5, 5.41) is 5.41. The molecule has 1 unspecified atom stereocenters. The molecule has 0 bridgehead atoms. The van der Waals surface area contributed by atoms with Gasteiger partial charge in [0.05, 0.1) is 17.8 Å². The molecule has 2 N–H and O–H groups in total. The second kappa shape index (κ2) is 7.30. The van der Waals surface area contributed by atoms with Crippen molar-refractivity contribution in [2.45, 2.75) is 19.3 Å². The number of anilines is 1. The first-order valence-electron chi connectivity index (χ1n) is 6.98. The lowest BCUT2D eigenvalue weighted by atomic mass is 10.0. The minimum absolute atomic E-state index is 0.0799. The molecule has 108 valence electrons. The lowest BCUT2D eigenvalue weighted by Crippen LogP contribution is -2.25. The summed E-state index contributed by atoms with van der Waals surface area (Å²) in [7, 11) is 0. The van der Waals surface area contributed by atoms with Crippen molar-refractivity contribution in [2.75, 3.05) is 11.9 Å². The van der Waals surface area contributed by atoms with Crippen LogP contribution < -0.4 is 10.6 Å². The summed E-state index contributed by atoms with van der Waals surface area (Å²) < 4.78 is 0. The van der Waals surface area contributed by atoms with E-state index < -0.39 is 0 Å². The van der Waals surface area contributed by atoms with Crippen molar-refractivity contribution >= 4 is 17.5 Å². The molecule has 0 aromatic heterocycles. The summed E-state index contributed by atoms with van der Waals surface area (Å²) in [6, 6.07) is 6.91. The van der Waals surface area contributed by atoms with Gasteiger partial charge in [-0.3, -0.25) is 9.59 Å². The zero-order chi connectivity index (χ0) is 15.1. The van der Waals surface area contributed by atoms with Crippen LogP contribution in [0, 0.1) is 18.3 Å². The molecule has 0 aliphatic heterocycles. The Morgan fingerprint density at radius 2 is 2.14 bits per heavy atom. The third-order valence-corrected chi connectivity index (χ3v) is 3.36. The molecule has 0 fully saturated rings. The van der Waals surface area contributed by atoms with Gasteiger partial charge in [-0.25, -0.2) is 0 Å². The Labute approximate surface area is 124 Å². The van der Waals surface area contributed by atoms with Gasteiger partial charge < -0.3 is 10.6 Å². The molecule has 0 heterocycles. The maximum atomic E-state index is 12.0. The molecule has 1 atom stereocenters. The number of rotatable bonds is 5. The Hall–Kier alpha value is -2.54. The van der Waals surface area contributed by atoms with Crippen molar-refractivity contribution in [3.8, 4) is 12.3 Å². The third kappa shape index (κ3) is 4.22. The van der Waals surface area contributed by atoms with Crippen LogP contribution in [-0.4, -0.2) is 18.4 Å². The maximum Gasteiger partial charge on any atom is 0.254 e. The van der Waals surface area contributed by atoms with E-state index in [0.29, 0.717) is 23.6 Å². The zero-order valence-electron chi connectivity index (χ0n) is 11.8. The molecular weight excluding hydrogens is 264 g/mol. The number of nitrogens with one attached hydrogen (secondary N) is 2. The van der Waals surface area contributed by atoms with E-state index in [2.05, 4.69) is 28.7 Å². The molecule has 1 aromatic rings. The SMILES string of the molecule is C#CCNC(=O)c1ccccc1NC(=O)CC1C=CCC1. The van der Waals surface area contributed by atoms with Crippen LogP contribution >= 0.6 is 0 Å². The highest BCUT2D eigenvalue weighted by Crippen LogP contribution is 2.22. The summed E-state index contributed by atoms with van der Waals surface area (Å²) in [5.74, 6) is 2.28. The summed E-state index contributed by atoms with van der Waals surface area (Å²) in [6.07, 6.45) is 11.8. The fourth-order valence-corrected chi connectivity index (χ4v) is 2.32. The van der Waals surface area contributed by atoms with Crippen molar-refractivity contribution < 1.29 is 9.59 Å². The molecule has 0 spiro atoms. The largest absolute Gasteiger partial charge is 0.341 e. The number of hydrogen-bond donors (Lipinski definition) is 2. The Balaban J connectivity index is 2.02. The van der Waals surface area contributed by atoms with E-state index in [-0.39, 0.29) is 18.4 Å². The predicted octanol–water partition coefficient (Wildman–Crippen LogP) is 2.34. The van der Waals surface area contributed by atoms with E-state index in [0.717, 1.165) is 12.8 Å². The van der Waals surface area contributed by atoms with Crippen LogP contribution in [0.25, 0.3) is 0 Å². The highest BCUT2D eigenvalue weighted by atomic mass is 16.2. The number of carbonyl (C=O) groups excluding carboxylic acids is 2. The van der Waals surface area contributed by atoms with Crippen LogP contribution in [0.3, 0.4) is 0 Å². The average Bonchev–Trinajstić information content (AvgIpc) is 2.98. The molecule has 1 aromatic carbocycles. The summed E-state index contributed by atoms with van der Waals surface area (Å²) in [6.45, 7) is 0.161. The summed E-state index contributed by atoms with van der Waals surface area (Å²) in [4.78, 5) is 24.0. The van der Waals surface area contributed by atoms with Gasteiger partial charge in [0.1, 0.15) is 0 Å². The van der Waals surface area contributed by atoms with Gasteiger partial charge in [0.15, 0.2) is 0 Å². The van der Waals surface area contributed by atoms with Gasteiger partial charge in [-0.2, -0.15) is 0 Å². The standard InChI is InChI=1S/C17H18N2O2/c1-2-11-18-17(21)14-9-5-6-10-15(14)19-16(20)12-13-7-3-4-8-13/h1,3,5-7,9-10,13H,4,8,11-12H2,(H,18,21)(H,19,20). The second-order valence-electron chi connectivity index (χ2n) is 4.95. The smallest absolute Gasteiger partial charge is 0.254 e. The minimum Gasteiger partial charge on any atom is -0.341 e. The van der Waals surface area contributed by atoms with Gasteiger partial charge in [-0.05, 0) is 30.9 Å². The van der Waals surface area contributed by atoms with Crippen LogP contribution in [0.15, 0.2) is 36.4 Å². The molecule has 2 amide bonds. The van der Waals surface area contributed by atoms with E-state index in [1.54, 1.807) is 24.3 Å². The normalized spacial score (nSPS) is 16.2. The number of carbonyl (C=O) groups is 2. The Morgan fingerprint density at radius 3 is 2.86 bits per heavy atom. The van der Waals surface area contributed by atoms with Gasteiger partial charge >= 0.3 is 0 Å². The molecule has 1 aliphatic rings. The van der Waals surface area contributed by atoms with Crippen LogP contribution in [-0.2, 0) is 4.79 Å². The zero-order valence-corrected chi connectivity index (χ0v) is 11.8. The van der Waals surface area contributed by atoms with Gasteiger partial charge in [0.25, 0.3) is 5.91 Å². The Kier molecular flexibility index (Phi) is 5.16. The monoisotopic (exact) mass is 282 g/mol. The van der Waals surface area contributed by atoms with Crippen LogP contribution in [0.2, 0.25) is 0 Å². The second-order valence-corrected chi connectivity index (χ2v) is 4.95. The minimum atomic E-state index is -0.287. The molecule has 4 heteroatoms. The molecule has 0 saturated heterocycles. The molecular formula is C17H18N2O2. The van der Waals surface area contributed by atoms with Crippen LogP contribution in [0.5, 0.6) is 0 Å². The molecule has 1 aliphatic carbocycles. The van der Waals surface area contributed by atoms with Crippen molar-refractivity contribution in [1.82, 2.24) is 5.32 Å². The number of hydrogen-bond acceptors (Lipinski definition) is 2. The van der Waals surface area contributed by atoms with Gasteiger partial charge in [0, 0.05) is 6.42 Å². The number of allylic oxidation sites excluding steroid dienone is 2. The fraction of sp³-hybridized carbons (Fsp3) is 0.294.